The topological polar surface area (TPSA) is 33.0 Å². The lowest BCUT2D eigenvalue weighted by molar-refractivity contribution is 0.415. The summed E-state index contributed by atoms with van der Waals surface area (Å²) in [6.45, 7) is 0. The first-order valence-electron chi connectivity index (χ1n) is 3.57. The fraction of sp³-hybridized carbons (Fsp3) is 0.100. The molecule has 2 nitrogen and oxygen atoms in total. The summed E-state index contributed by atoms with van der Waals surface area (Å²) in [5.41, 5.74) is 0.998. The van der Waals surface area contributed by atoms with Crippen LogP contribution in [0.2, 0.25) is 0 Å². The molecule has 1 aromatic carbocycles. The minimum absolute atomic E-state index is 0.823. The van der Waals surface area contributed by atoms with Crippen molar-refractivity contribution in [3.63, 3.8) is 0 Å². The smallest absolute Gasteiger partial charge is 0.118 e. The van der Waals surface area contributed by atoms with Crippen molar-refractivity contribution in [3.05, 3.63) is 35.9 Å². The van der Waals surface area contributed by atoms with E-state index in [1.54, 1.807) is 13.2 Å². The van der Waals surface area contributed by atoms with Crippen LogP contribution in [-0.4, -0.2) is 7.11 Å². The normalized spacial score (nSPS) is 9.67. The van der Waals surface area contributed by atoms with Crippen molar-refractivity contribution in [2.24, 2.45) is 0 Å². The van der Waals surface area contributed by atoms with E-state index in [1.165, 1.54) is 6.08 Å². The minimum Gasteiger partial charge on any atom is -0.497 e. The maximum Gasteiger partial charge on any atom is 0.118 e. The molecule has 0 saturated heterocycles. The van der Waals surface area contributed by atoms with E-state index >= 15 is 0 Å². The molecule has 0 spiro atoms. The Balaban J connectivity index is 2.79. The Bertz CT molecular complexity index is 306. The third-order valence-corrected chi connectivity index (χ3v) is 1.47. The molecule has 0 aliphatic carbocycles. The fourth-order valence-corrected chi connectivity index (χ4v) is 0.849. The number of rotatable bonds is 2. The van der Waals surface area contributed by atoms with Crippen LogP contribution in [0.5, 0.6) is 5.75 Å². The number of nitrogens with zero attached hydrogens (tertiary/aromatic N) is 1. The molecule has 0 unspecified atom stereocenters. The van der Waals surface area contributed by atoms with Crippen molar-refractivity contribution in [1.29, 1.82) is 5.26 Å². The molecule has 0 heterocycles. The molecule has 0 bridgehead atoms. The average Bonchev–Trinajstić information content (AvgIpc) is 2.15. The molecule has 0 radical (unpaired) electrons. The third-order valence-electron chi connectivity index (χ3n) is 1.47. The van der Waals surface area contributed by atoms with Gasteiger partial charge in [-0.25, -0.2) is 0 Å². The van der Waals surface area contributed by atoms with Gasteiger partial charge in [-0.15, -0.1) is 0 Å². The highest BCUT2D eigenvalue weighted by molar-refractivity contribution is 5.52. The lowest BCUT2D eigenvalue weighted by Crippen LogP contribution is -1.81. The summed E-state index contributed by atoms with van der Waals surface area (Å²) in [6.07, 6.45) is 3.20. The molecule has 12 heavy (non-hydrogen) atoms. The molecule has 0 fully saturated rings. The fourth-order valence-electron chi connectivity index (χ4n) is 0.849. The van der Waals surface area contributed by atoms with Crippen molar-refractivity contribution < 1.29 is 4.74 Å². The number of hydrogen-bond donors (Lipinski definition) is 0. The number of benzene rings is 1. The molecule has 0 amide bonds. The summed E-state index contributed by atoms with van der Waals surface area (Å²) < 4.78 is 4.98. The van der Waals surface area contributed by atoms with E-state index in [-0.39, 0.29) is 0 Å². The summed E-state index contributed by atoms with van der Waals surface area (Å²) in [6, 6.07) is 9.44. The van der Waals surface area contributed by atoms with E-state index in [4.69, 9.17) is 10.00 Å². The van der Waals surface area contributed by atoms with E-state index < -0.39 is 0 Å². The molecule has 0 aliphatic heterocycles. The third kappa shape index (κ3) is 2.14. The quantitative estimate of drug-likeness (QED) is 0.620. The highest BCUT2D eigenvalue weighted by Gasteiger charge is 1.88. The molecule has 2 heteroatoms. The predicted octanol–water partition coefficient (Wildman–Crippen LogP) is 2.23. The van der Waals surface area contributed by atoms with Crippen molar-refractivity contribution in [1.82, 2.24) is 0 Å². The Hall–Kier alpha value is -1.75. The second-order valence-corrected chi connectivity index (χ2v) is 2.24. The SMILES string of the molecule is COc1ccc(C=CC#N)cc1. The molecule has 0 atom stereocenters. The van der Waals surface area contributed by atoms with Gasteiger partial charge in [0.25, 0.3) is 0 Å². The molecule has 1 aromatic rings. The summed E-state index contributed by atoms with van der Waals surface area (Å²) in [5.74, 6) is 0.823. The maximum absolute atomic E-state index is 8.27. The van der Waals surface area contributed by atoms with Gasteiger partial charge in [0.1, 0.15) is 5.75 Å². The largest absolute Gasteiger partial charge is 0.497 e. The van der Waals surface area contributed by atoms with E-state index in [9.17, 15) is 0 Å². The van der Waals surface area contributed by atoms with Gasteiger partial charge in [-0.1, -0.05) is 12.1 Å². The Labute approximate surface area is 71.7 Å². The van der Waals surface area contributed by atoms with Gasteiger partial charge in [0.15, 0.2) is 0 Å². The first kappa shape index (κ1) is 8.35. The number of ether oxygens (including phenoxy) is 1. The summed E-state index contributed by atoms with van der Waals surface area (Å²) in [5, 5.41) is 8.27. The molecule has 0 aliphatic rings. The Morgan fingerprint density at radius 3 is 2.50 bits per heavy atom. The van der Waals surface area contributed by atoms with Crippen molar-refractivity contribution in [2.45, 2.75) is 0 Å². The van der Waals surface area contributed by atoms with Crippen LogP contribution in [0, 0.1) is 11.3 Å². The Kier molecular flexibility index (Phi) is 2.92. The molecule has 1 rings (SSSR count). The molecule has 0 aromatic heterocycles. The molecular formula is C10H9NO. The van der Waals surface area contributed by atoms with Crippen LogP contribution in [0.1, 0.15) is 5.56 Å². The van der Waals surface area contributed by atoms with E-state index in [0.717, 1.165) is 11.3 Å². The van der Waals surface area contributed by atoms with E-state index in [0.29, 0.717) is 0 Å². The number of allylic oxidation sites excluding steroid dienone is 1. The monoisotopic (exact) mass is 159 g/mol. The van der Waals surface area contributed by atoms with Gasteiger partial charge in [-0.05, 0) is 23.8 Å². The van der Waals surface area contributed by atoms with Crippen molar-refractivity contribution in [3.8, 4) is 11.8 Å². The van der Waals surface area contributed by atoms with Gasteiger partial charge in [0.05, 0.1) is 13.2 Å². The highest BCUT2D eigenvalue weighted by Crippen LogP contribution is 2.11. The van der Waals surface area contributed by atoms with Crippen LogP contribution in [-0.2, 0) is 0 Å². The van der Waals surface area contributed by atoms with Crippen LogP contribution in [0.3, 0.4) is 0 Å². The van der Waals surface area contributed by atoms with Crippen LogP contribution >= 0.6 is 0 Å². The lowest BCUT2D eigenvalue weighted by atomic mass is 10.2. The van der Waals surface area contributed by atoms with Gasteiger partial charge < -0.3 is 4.74 Å². The molecular weight excluding hydrogens is 150 g/mol. The second kappa shape index (κ2) is 4.20. The minimum atomic E-state index is 0.823. The zero-order chi connectivity index (χ0) is 8.81. The summed E-state index contributed by atoms with van der Waals surface area (Å²) >= 11 is 0. The van der Waals surface area contributed by atoms with E-state index in [2.05, 4.69) is 0 Å². The van der Waals surface area contributed by atoms with Gasteiger partial charge >= 0.3 is 0 Å². The Morgan fingerprint density at radius 1 is 1.33 bits per heavy atom. The van der Waals surface area contributed by atoms with Gasteiger partial charge in [-0.3, -0.25) is 0 Å². The van der Waals surface area contributed by atoms with Crippen LogP contribution in [0.15, 0.2) is 30.3 Å². The van der Waals surface area contributed by atoms with Gasteiger partial charge in [0, 0.05) is 6.08 Å². The van der Waals surface area contributed by atoms with Crippen molar-refractivity contribution in [2.75, 3.05) is 7.11 Å². The second-order valence-electron chi connectivity index (χ2n) is 2.24. The highest BCUT2D eigenvalue weighted by atomic mass is 16.5. The number of methoxy groups -OCH3 is 1. The summed E-state index contributed by atoms with van der Waals surface area (Å²) in [7, 11) is 1.63. The zero-order valence-corrected chi connectivity index (χ0v) is 6.82. The molecule has 0 N–H and O–H groups in total. The predicted molar refractivity (Wildman–Crippen MR) is 47.6 cm³/mol. The van der Waals surface area contributed by atoms with Gasteiger partial charge in [-0.2, -0.15) is 5.26 Å². The average molecular weight is 159 g/mol. The first-order chi connectivity index (χ1) is 5.86. The Morgan fingerprint density at radius 2 is 2.00 bits per heavy atom. The number of hydrogen-bond acceptors (Lipinski definition) is 2. The van der Waals surface area contributed by atoms with Crippen LogP contribution in [0.25, 0.3) is 6.08 Å². The molecule has 60 valence electrons. The summed E-state index contributed by atoms with van der Waals surface area (Å²) in [4.78, 5) is 0. The van der Waals surface area contributed by atoms with Crippen molar-refractivity contribution >= 4 is 6.08 Å². The van der Waals surface area contributed by atoms with E-state index in [1.807, 2.05) is 30.3 Å². The lowest BCUT2D eigenvalue weighted by Gasteiger charge is -1.97. The zero-order valence-electron chi connectivity index (χ0n) is 6.82. The van der Waals surface area contributed by atoms with Gasteiger partial charge in [0.2, 0.25) is 0 Å². The standard InChI is InChI=1S/C10H9NO/c1-12-10-6-4-9(5-7-10)3-2-8-11/h2-7H,1H3. The maximum atomic E-state index is 8.27. The number of nitriles is 1. The van der Waals surface area contributed by atoms with Crippen LogP contribution in [0.4, 0.5) is 0 Å². The molecule has 0 saturated carbocycles. The first-order valence-corrected chi connectivity index (χ1v) is 3.57. The van der Waals surface area contributed by atoms with Crippen LogP contribution < -0.4 is 4.74 Å².